The van der Waals surface area contributed by atoms with Gasteiger partial charge in [0.15, 0.2) is 5.65 Å². The molecular formula is C23H20N4O3. The lowest BCUT2D eigenvalue weighted by Crippen LogP contribution is -2.32. The van der Waals surface area contributed by atoms with Gasteiger partial charge in [0.1, 0.15) is 11.4 Å². The topological polar surface area (TPSA) is 79.7 Å². The smallest absolute Gasteiger partial charge is 0.296 e. The van der Waals surface area contributed by atoms with E-state index in [-0.39, 0.29) is 23.7 Å². The van der Waals surface area contributed by atoms with Crippen molar-refractivity contribution in [2.75, 3.05) is 12.0 Å². The van der Waals surface area contributed by atoms with Gasteiger partial charge in [0, 0.05) is 22.4 Å². The van der Waals surface area contributed by atoms with Gasteiger partial charge >= 0.3 is 0 Å². The highest BCUT2D eigenvalue weighted by atomic mass is 16.5. The lowest BCUT2D eigenvalue weighted by atomic mass is 10.1. The fourth-order valence-electron chi connectivity index (χ4n) is 4.22. The van der Waals surface area contributed by atoms with E-state index in [0.29, 0.717) is 22.7 Å². The highest BCUT2D eigenvalue weighted by molar-refractivity contribution is 6.10. The van der Waals surface area contributed by atoms with Gasteiger partial charge in [-0.05, 0) is 31.5 Å². The molecule has 1 amide bonds. The lowest BCUT2D eigenvalue weighted by molar-refractivity contribution is 0.0996. The zero-order valence-electron chi connectivity index (χ0n) is 16.9. The third kappa shape index (κ3) is 2.48. The van der Waals surface area contributed by atoms with Crippen LogP contribution < -0.4 is 15.2 Å². The molecule has 1 aliphatic rings. The van der Waals surface area contributed by atoms with Crippen molar-refractivity contribution < 1.29 is 9.53 Å². The summed E-state index contributed by atoms with van der Waals surface area (Å²) in [5.41, 5.74) is 5.04. The Kier molecular flexibility index (Phi) is 3.99. The van der Waals surface area contributed by atoms with E-state index >= 15 is 0 Å². The summed E-state index contributed by atoms with van der Waals surface area (Å²) < 4.78 is 6.83. The molecule has 150 valence electrons. The first-order chi connectivity index (χ1) is 14.5. The number of aryl methyl sites for hydroxylation is 2. The molecular weight excluding hydrogens is 380 g/mol. The van der Waals surface area contributed by atoms with E-state index in [1.54, 1.807) is 26.2 Å². The number of anilines is 1. The number of amides is 1. The molecule has 0 fully saturated rings. The molecule has 1 aliphatic heterocycles. The fourth-order valence-corrected chi connectivity index (χ4v) is 4.22. The monoisotopic (exact) mass is 400 g/mol. The van der Waals surface area contributed by atoms with Gasteiger partial charge in [-0.3, -0.25) is 19.6 Å². The maximum Gasteiger partial charge on any atom is 0.296 e. The SMILES string of the molecule is COc1cccc2c1CN(c1c(C)nc3c(-c4ccccc4)c(C)[nH]n3c1=O)C2=O. The molecule has 0 bridgehead atoms. The van der Waals surface area contributed by atoms with Gasteiger partial charge in [0.2, 0.25) is 0 Å². The third-order valence-corrected chi connectivity index (χ3v) is 5.59. The number of ether oxygens (including phenoxy) is 1. The average Bonchev–Trinajstić information content (AvgIpc) is 3.26. The molecule has 1 N–H and O–H groups in total. The van der Waals surface area contributed by atoms with Crippen molar-refractivity contribution in [1.82, 2.24) is 14.6 Å². The Morgan fingerprint density at radius 1 is 1.03 bits per heavy atom. The molecule has 0 spiro atoms. The summed E-state index contributed by atoms with van der Waals surface area (Å²) in [6, 6.07) is 15.2. The maximum atomic E-state index is 13.5. The second-order valence-electron chi connectivity index (χ2n) is 7.37. The number of carbonyl (C=O) groups is 1. The van der Waals surface area contributed by atoms with Crippen molar-refractivity contribution in [3.05, 3.63) is 81.4 Å². The van der Waals surface area contributed by atoms with Gasteiger partial charge in [-0.25, -0.2) is 4.98 Å². The second kappa shape index (κ2) is 6.59. The van der Waals surface area contributed by atoms with Gasteiger partial charge in [-0.1, -0.05) is 36.4 Å². The minimum atomic E-state index is -0.303. The van der Waals surface area contributed by atoms with E-state index in [9.17, 15) is 9.59 Å². The summed E-state index contributed by atoms with van der Waals surface area (Å²) in [7, 11) is 1.57. The van der Waals surface area contributed by atoms with Gasteiger partial charge in [-0.2, -0.15) is 4.52 Å². The third-order valence-electron chi connectivity index (χ3n) is 5.59. The number of hydrogen-bond donors (Lipinski definition) is 1. The number of methoxy groups -OCH3 is 1. The van der Waals surface area contributed by atoms with Crippen LogP contribution in [0.15, 0.2) is 53.3 Å². The standard InChI is InChI=1S/C23H20N4O3/c1-13-19(15-8-5-4-6-9-15)21-24-14(2)20(23(29)27(21)25-13)26-12-17-16(22(26)28)10-7-11-18(17)30-3/h4-11,25H,12H2,1-3H3. The Bertz CT molecular complexity index is 1370. The molecule has 3 heterocycles. The van der Waals surface area contributed by atoms with Crippen LogP contribution in [0.3, 0.4) is 0 Å². The molecule has 0 aliphatic carbocycles. The Hall–Kier alpha value is -3.87. The highest BCUT2D eigenvalue weighted by Crippen LogP contribution is 2.34. The van der Waals surface area contributed by atoms with Crippen molar-refractivity contribution in [2.24, 2.45) is 0 Å². The van der Waals surface area contributed by atoms with Crippen LogP contribution in [0, 0.1) is 13.8 Å². The number of nitrogens with one attached hydrogen (secondary N) is 1. The maximum absolute atomic E-state index is 13.5. The molecule has 2 aromatic heterocycles. The molecule has 0 atom stereocenters. The number of fused-ring (bicyclic) bond motifs is 2. The van der Waals surface area contributed by atoms with Crippen LogP contribution in [0.4, 0.5) is 5.69 Å². The van der Waals surface area contributed by atoms with E-state index in [1.165, 1.54) is 9.42 Å². The largest absolute Gasteiger partial charge is 0.496 e. The molecule has 7 heteroatoms. The minimum Gasteiger partial charge on any atom is -0.496 e. The Labute approximate surface area is 172 Å². The normalized spacial score (nSPS) is 13.2. The van der Waals surface area contributed by atoms with Gasteiger partial charge < -0.3 is 4.74 Å². The van der Waals surface area contributed by atoms with Crippen LogP contribution in [-0.4, -0.2) is 27.6 Å². The van der Waals surface area contributed by atoms with Crippen LogP contribution in [0.25, 0.3) is 16.8 Å². The number of aromatic amines is 1. The Balaban J connectivity index is 1.69. The Morgan fingerprint density at radius 3 is 2.53 bits per heavy atom. The molecule has 0 saturated carbocycles. The summed E-state index contributed by atoms with van der Waals surface area (Å²) in [5.74, 6) is 0.412. The molecule has 0 radical (unpaired) electrons. The van der Waals surface area contributed by atoms with Crippen molar-refractivity contribution in [3.63, 3.8) is 0 Å². The molecule has 30 heavy (non-hydrogen) atoms. The van der Waals surface area contributed by atoms with Crippen molar-refractivity contribution >= 4 is 17.2 Å². The molecule has 2 aromatic carbocycles. The fraction of sp³-hybridized carbons (Fsp3) is 0.174. The second-order valence-corrected chi connectivity index (χ2v) is 7.37. The van der Waals surface area contributed by atoms with E-state index in [1.807, 2.05) is 43.3 Å². The van der Waals surface area contributed by atoms with Gasteiger partial charge in [0.25, 0.3) is 11.5 Å². The van der Waals surface area contributed by atoms with E-state index in [2.05, 4.69) is 5.10 Å². The predicted molar refractivity (Wildman–Crippen MR) is 114 cm³/mol. The van der Waals surface area contributed by atoms with Crippen molar-refractivity contribution in [2.45, 2.75) is 20.4 Å². The summed E-state index contributed by atoms with van der Waals surface area (Å²) in [5, 5.41) is 3.12. The van der Waals surface area contributed by atoms with E-state index < -0.39 is 0 Å². The first-order valence-corrected chi connectivity index (χ1v) is 9.66. The zero-order valence-corrected chi connectivity index (χ0v) is 16.9. The zero-order chi connectivity index (χ0) is 21.0. The van der Waals surface area contributed by atoms with Gasteiger partial charge in [-0.15, -0.1) is 0 Å². The summed E-state index contributed by atoms with van der Waals surface area (Å²) in [6.07, 6.45) is 0. The summed E-state index contributed by atoms with van der Waals surface area (Å²) in [6.45, 7) is 3.95. The minimum absolute atomic E-state index is 0.225. The summed E-state index contributed by atoms with van der Waals surface area (Å²) >= 11 is 0. The van der Waals surface area contributed by atoms with E-state index in [4.69, 9.17) is 9.72 Å². The number of rotatable bonds is 3. The van der Waals surface area contributed by atoms with Crippen molar-refractivity contribution in [1.29, 1.82) is 0 Å². The lowest BCUT2D eigenvalue weighted by Gasteiger charge is -2.17. The number of aromatic nitrogens is 3. The highest BCUT2D eigenvalue weighted by Gasteiger charge is 2.34. The molecule has 5 rings (SSSR count). The Morgan fingerprint density at radius 2 is 1.80 bits per heavy atom. The number of carbonyl (C=O) groups excluding carboxylic acids is 1. The molecule has 0 unspecified atom stereocenters. The molecule has 7 nitrogen and oxygen atoms in total. The van der Waals surface area contributed by atoms with Crippen LogP contribution in [0.1, 0.15) is 27.3 Å². The van der Waals surface area contributed by atoms with Crippen LogP contribution in [0.5, 0.6) is 5.75 Å². The first-order valence-electron chi connectivity index (χ1n) is 9.66. The number of benzene rings is 2. The van der Waals surface area contributed by atoms with Crippen LogP contribution in [0.2, 0.25) is 0 Å². The first kappa shape index (κ1) is 18.2. The number of hydrogen-bond acceptors (Lipinski definition) is 4. The van der Waals surface area contributed by atoms with Crippen molar-refractivity contribution in [3.8, 4) is 16.9 Å². The quantitative estimate of drug-likeness (QED) is 0.571. The predicted octanol–water partition coefficient (Wildman–Crippen LogP) is 3.48. The van der Waals surface area contributed by atoms with Gasteiger partial charge in [0.05, 0.1) is 19.3 Å². The molecule has 0 saturated heterocycles. The molecule has 4 aromatic rings. The number of H-pyrrole nitrogens is 1. The van der Waals surface area contributed by atoms with Crippen LogP contribution in [-0.2, 0) is 6.54 Å². The number of nitrogens with zero attached hydrogens (tertiary/aromatic N) is 3. The van der Waals surface area contributed by atoms with E-state index in [0.717, 1.165) is 22.4 Å². The average molecular weight is 400 g/mol. The van der Waals surface area contributed by atoms with Crippen LogP contribution >= 0.6 is 0 Å². The summed E-state index contributed by atoms with van der Waals surface area (Å²) in [4.78, 5) is 32.7.